The second-order valence-electron chi connectivity index (χ2n) is 4.92. The van der Waals surface area contributed by atoms with Crippen molar-refractivity contribution in [1.29, 1.82) is 0 Å². The van der Waals surface area contributed by atoms with Gasteiger partial charge in [0.2, 0.25) is 0 Å². The van der Waals surface area contributed by atoms with Crippen molar-refractivity contribution in [2.75, 3.05) is 17.3 Å². The van der Waals surface area contributed by atoms with Gasteiger partial charge in [0.1, 0.15) is 6.10 Å². The molecule has 0 amide bonds. The molecule has 7 nitrogen and oxygen atoms in total. The first-order chi connectivity index (χ1) is 11.0. The van der Waals surface area contributed by atoms with Crippen LogP contribution >= 0.6 is 11.8 Å². The van der Waals surface area contributed by atoms with Gasteiger partial charge in [-0.3, -0.25) is 9.78 Å². The van der Waals surface area contributed by atoms with E-state index in [0.717, 1.165) is 17.5 Å². The lowest BCUT2D eigenvalue weighted by molar-refractivity contribution is -0.144. The first kappa shape index (κ1) is 15.9. The van der Waals surface area contributed by atoms with Crippen LogP contribution in [0, 0.1) is 0 Å². The minimum Gasteiger partial charge on any atom is -0.460 e. The maximum atomic E-state index is 11.7. The van der Waals surface area contributed by atoms with Gasteiger partial charge in [0.15, 0.2) is 15.0 Å². The van der Waals surface area contributed by atoms with Crippen molar-refractivity contribution >= 4 is 27.6 Å². The van der Waals surface area contributed by atoms with E-state index in [1.54, 1.807) is 18.5 Å². The largest absolute Gasteiger partial charge is 0.460 e. The predicted octanol–water partition coefficient (Wildman–Crippen LogP) is 0.971. The number of thioether (sulfide) groups is 1. The number of hydrogen-bond acceptors (Lipinski definition) is 8. The quantitative estimate of drug-likeness (QED) is 0.446. The Balaban J connectivity index is 1.55. The third kappa shape index (κ3) is 4.26. The third-order valence-corrected chi connectivity index (χ3v) is 5.65. The fourth-order valence-electron chi connectivity index (χ4n) is 2.00. The molecule has 2 aromatic rings. The molecule has 1 fully saturated rings. The Morgan fingerprint density at radius 3 is 2.70 bits per heavy atom. The van der Waals surface area contributed by atoms with Crippen molar-refractivity contribution in [2.45, 2.75) is 11.3 Å². The van der Waals surface area contributed by atoms with Crippen LogP contribution in [0.15, 0.2) is 41.8 Å². The average Bonchev–Trinajstić information content (AvgIpc) is 2.52. The van der Waals surface area contributed by atoms with Gasteiger partial charge < -0.3 is 4.74 Å². The van der Waals surface area contributed by atoms with Crippen molar-refractivity contribution in [3.8, 4) is 11.4 Å². The van der Waals surface area contributed by atoms with Crippen LogP contribution in [0.5, 0.6) is 0 Å². The van der Waals surface area contributed by atoms with Gasteiger partial charge in [0.25, 0.3) is 0 Å². The van der Waals surface area contributed by atoms with Crippen molar-refractivity contribution in [3.63, 3.8) is 0 Å². The summed E-state index contributed by atoms with van der Waals surface area (Å²) in [5.41, 5.74) is 1.39. The van der Waals surface area contributed by atoms with E-state index in [1.807, 2.05) is 18.2 Å². The lowest BCUT2D eigenvalue weighted by Gasteiger charge is -2.25. The van der Waals surface area contributed by atoms with Gasteiger partial charge in [-0.15, -0.1) is 0 Å². The molecular weight excluding hydrogens is 338 g/mol. The Labute approximate surface area is 137 Å². The summed E-state index contributed by atoms with van der Waals surface area (Å²) < 4.78 is 27.1. The first-order valence-corrected chi connectivity index (χ1v) is 9.60. The average molecular weight is 351 g/mol. The molecule has 23 heavy (non-hydrogen) atoms. The van der Waals surface area contributed by atoms with E-state index < -0.39 is 21.9 Å². The maximum absolute atomic E-state index is 11.7. The number of carbonyl (C=O) groups is 1. The molecule has 1 aliphatic rings. The number of carbonyl (C=O) groups excluding carboxylic acids is 1. The van der Waals surface area contributed by atoms with E-state index in [9.17, 15) is 13.2 Å². The highest BCUT2D eigenvalue weighted by atomic mass is 32.2. The second-order valence-corrected chi connectivity index (χ2v) is 8.01. The number of ether oxygens (including phenoxy) is 1. The van der Waals surface area contributed by atoms with Crippen LogP contribution in [0.3, 0.4) is 0 Å². The van der Waals surface area contributed by atoms with Crippen LogP contribution in [-0.2, 0) is 19.4 Å². The summed E-state index contributed by atoms with van der Waals surface area (Å²) in [5, 5.41) is 0.436. The molecule has 9 heteroatoms. The van der Waals surface area contributed by atoms with Crippen LogP contribution in [-0.4, -0.2) is 52.7 Å². The highest BCUT2D eigenvalue weighted by Gasteiger charge is 2.36. The number of aromatic nitrogens is 3. The van der Waals surface area contributed by atoms with Crippen molar-refractivity contribution < 1.29 is 17.9 Å². The summed E-state index contributed by atoms with van der Waals surface area (Å²) in [4.78, 5) is 24.3. The molecule has 2 aromatic heterocycles. The van der Waals surface area contributed by atoms with Gasteiger partial charge in [0.05, 0.1) is 28.6 Å². The standard InChI is InChI=1S/C14H13N3O4S2/c18-13(21-10-8-23(19,20)9-10)7-22-14-16-6-4-12(17-14)11-3-1-2-5-15-11/h1-6,10H,7-9H2. The Morgan fingerprint density at radius 1 is 1.17 bits per heavy atom. The molecular formula is C14H13N3O4S2. The predicted molar refractivity (Wildman–Crippen MR) is 84.5 cm³/mol. The molecule has 3 rings (SSSR count). The zero-order chi connectivity index (χ0) is 16.3. The van der Waals surface area contributed by atoms with Crippen LogP contribution < -0.4 is 0 Å². The molecule has 0 bridgehead atoms. The molecule has 0 N–H and O–H groups in total. The van der Waals surface area contributed by atoms with Crippen LogP contribution in [0.1, 0.15) is 0 Å². The number of rotatable bonds is 5. The molecule has 0 aromatic carbocycles. The third-order valence-electron chi connectivity index (χ3n) is 3.06. The van der Waals surface area contributed by atoms with Crippen molar-refractivity contribution in [2.24, 2.45) is 0 Å². The second kappa shape index (κ2) is 6.63. The zero-order valence-corrected chi connectivity index (χ0v) is 13.6. The summed E-state index contributed by atoms with van der Waals surface area (Å²) in [6.45, 7) is 0. The van der Waals surface area contributed by atoms with Crippen LogP contribution in [0.2, 0.25) is 0 Å². The molecule has 1 aliphatic heterocycles. The summed E-state index contributed by atoms with van der Waals surface area (Å²) in [7, 11) is -3.00. The molecule has 0 unspecified atom stereocenters. The molecule has 120 valence electrons. The summed E-state index contributed by atoms with van der Waals surface area (Å²) in [6.07, 6.45) is 2.76. The lowest BCUT2D eigenvalue weighted by atomic mass is 10.3. The minimum absolute atomic E-state index is 0.0300. The highest BCUT2D eigenvalue weighted by Crippen LogP contribution is 2.20. The van der Waals surface area contributed by atoms with E-state index in [0.29, 0.717) is 10.9 Å². The topological polar surface area (TPSA) is 99.1 Å². The van der Waals surface area contributed by atoms with E-state index in [1.165, 1.54) is 0 Å². The molecule has 0 saturated carbocycles. The monoisotopic (exact) mass is 351 g/mol. The van der Waals surface area contributed by atoms with Crippen LogP contribution in [0.4, 0.5) is 0 Å². The Kier molecular flexibility index (Phi) is 4.58. The normalized spacial score (nSPS) is 16.5. The fraction of sp³-hybridized carbons (Fsp3) is 0.286. The number of sulfone groups is 1. The van der Waals surface area contributed by atoms with Gasteiger partial charge in [-0.05, 0) is 18.2 Å². The summed E-state index contributed by atoms with van der Waals surface area (Å²) >= 11 is 1.14. The lowest BCUT2D eigenvalue weighted by Crippen LogP contribution is -2.44. The van der Waals surface area contributed by atoms with Gasteiger partial charge in [-0.25, -0.2) is 18.4 Å². The number of hydrogen-bond donors (Lipinski definition) is 0. The van der Waals surface area contributed by atoms with Crippen molar-refractivity contribution in [3.05, 3.63) is 36.7 Å². The summed E-state index contributed by atoms with van der Waals surface area (Å²) in [5.74, 6) is -0.617. The maximum Gasteiger partial charge on any atom is 0.316 e. The Morgan fingerprint density at radius 2 is 2.00 bits per heavy atom. The van der Waals surface area contributed by atoms with E-state index >= 15 is 0 Å². The van der Waals surface area contributed by atoms with E-state index in [-0.39, 0.29) is 17.3 Å². The highest BCUT2D eigenvalue weighted by molar-refractivity contribution is 7.99. The molecule has 1 saturated heterocycles. The first-order valence-electron chi connectivity index (χ1n) is 6.79. The number of esters is 1. The van der Waals surface area contributed by atoms with E-state index in [4.69, 9.17) is 4.74 Å². The molecule has 3 heterocycles. The smallest absolute Gasteiger partial charge is 0.316 e. The Hall–Kier alpha value is -2.00. The van der Waals surface area contributed by atoms with Crippen LogP contribution in [0.25, 0.3) is 11.4 Å². The SMILES string of the molecule is O=C(CSc1nccc(-c2ccccn2)n1)OC1CS(=O)(=O)C1. The molecule has 0 radical (unpaired) electrons. The Bertz CT molecular complexity index is 800. The van der Waals surface area contributed by atoms with Gasteiger partial charge >= 0.3 is 5.97 Å². The molecule has 0 atom stereocenters. The number of pyridine rings is 1. The van der Waals surface area contributed by atoms with Gasteiger partial charge in [-0.2, -0.15) is 0 Å². The van der Waals surface area contributed by atoms with Crippen molar-refractivity contribution in [1.82, 2.24) is 15.0 Å². The van der Waals surface area contributed by atoms with Gasteiger partial charge in [0, 0.05) is 12.4 Å². The molecule has 0 aliphatic carbocycles. The van der Waals surface area contributed by atoms with E-state index in [2.05, 4.69) is 15.0 Å². The molecule has 0 spiro atoms. The van der Waals surface area contributed by atoms with Gasteiger partial charge in [-0.1, -0.05) is 17.8 Å². The fourth-order valence-corrected chi connectivity index (χ4v) is 3.78. The minimum atomic E-state index is -3.00. The summed E-state index contributed by atoms with van der Waals surface area (Å²) in [6, 6.07) is 7.25. The number of nitrogens with zero attached hydrogens (tertiary/aromatic N) is 3. The zero-order valence-electron chi connectivity index (χ0n) is 12.0.